The number of hydrogen-bond donors (Lipinski definition) is 0. The maximum atomic E-state index is 10.8. The molecule has 2 heterocycles. The Morgan fingerprint density at radius 3 is 2.64 bits per heavy atom. The van der Waals surface area contributed by atoms with E-state index in [0.29, 0.717) is 5.69 Å². The number of hydrogen-bond acceptors (Lipinski definition) is 4. The smallest absolute Gasteiger partial charge is 0.281 e. The maximum Gasteiger partial charge on any atom is 0.320 e. The average molecular weight is 222 g/mol. The van der Waals surface area contributed by atoms with Gasteiger partial charge in [-0.25, -0.2) is 4.98 Å². The zero-order chi connectivity index (χ0) is 7.14. The standard InChI is InChI=1S/C6H2N2O2.Sr/c9-5-4-3(1-2-7-4)8-6(5)10;/h1-2H;. The average Bonchev–Trinajstić information content (AvgIpc) is 2.41. The first-order valence-corrected chi connectivity index (χ1v) is 2.71. The Labute approximate surface area is 98.6 Å². The first kappa shape index (κ1) is 8.99. The van der Waals surface area contributed by atoms with Crippen molar-refractivity contribution in [3.05, 3.63) is 32.8 Å². The van der Waals surface area contributed by atoms with Crippen LogP contribution in [0.4, 0.5) is 0 Å². The normalized spacial score (nSPS) is 9.82. The van der Waals surface area contributed by atoms with Gasteiger partial charge in [0.15, 0.2) is 0 Å². The van der Waals surface area contributed by atoms with Crippen LogP contribution in [0.15, 0.2) is 21.9 Å². The SMILES string of the molecule is O=c1nc2ccnc-2c1=O.[Sr]. The minimum Gasteiger partial charge on any atom is -0.281 e. The van der Waals surface area contributed by atoms with Gasteiger partial charge >= 0.3 is 5.56 Å². The summed E-state index contributed by atoms with van der Waals surface area (Å²) >= 11 is 0. The van der Waals surface area contributed by atoms with Crippen LogP contribution in [0.5, 0.6) is 0 Å². The van der Waals surface area contributed by atoms with E-state index in [-0.39, 0.29) is 51.2 Å². The molecule has 0 bridgehead atoms. The second-order valence-corrected chi connectivity index (χ2v) is 1.92. The maximum absolute atomic E-state index is 10.8. The van der Waals surface area contributed by atoms with Gasteiger partial charge in [0.25, 0.3) is 5.43 Å². The van der Waals surface area contributed by atoms with Crippen LogP contribution in [0.2, 0.25) is 0 Å². The molecule has 11 heavy (non-hydrogen) atoms. The molecule has 2 radical (unpaired) electrons. The molecule has 0 aliphatic carbocycles. The monoisotopic (exact) mass is 222 g/mol. The zero-order valence-electron chi connectivity index (χ0n) is 5.57. The topological polar surface area (TPSA) is 59.9 Å². The van der Waals surface area contributed by atoms with Crippen LogP contribution in [-0.4, -0.2) is 55.4 Å². The third-order valence-corrected chi connectivity index (χ3v) is 1.31. The fraction of sp³-hybridized carbons (Fsp3) is 0. The summed E-state index contributed by atoms with van der Waals surface area (Å²) in [7, 11) is 0. The molecule has 0 saturated heterocycles. The Morgan fingerprint density at radius 2 is 2.00 bits per heavy atom. The molecule has 50 valence electrons. The van der Waals surface area contributed by atoms with Crippen LogP contribution in [0.3, 0.4) is 0 Å². The van der Waals surface area contributed by atoms with Gasteiger partial charge in [0.1, 0.15) is 5.69 Å². The van der Waals surface area contributed by atoms with Crippen molar-refractivity contribution < 1.29 is 0 Å². The van der Waals surface area contributed by atoms with Gasteiger partial charge in [-0.1, -0.05) is 0 Å². The third kappa shape index (κ3) is 1.29. The van der Waals surface area contributed by atoms with Gasteiger partial charge in [-0.05, 0) is 6.07 Å². The Kier molecular flexibility index (Phi) is 2.54. The van der Waals surface area contributed by atoms with Crippen LogP contribution in [0, 0.1) is 0 Å². The summed E-state index contributed by atoms with van der Waals surface area (Å²) in [6, 6.07) is 1.54. The molecule has 0 atom stereocenters. The van der Waals surface area contributed by atoms with Crippen molar-refractivity contribution in [1.82, 2.24) is 9.97 Å². The van der Waals surface area contributed by atoms with E-state index in [1.54, 1.807) is 0 Å². The van der Waals surface area contributed by atoms with E-state index in [2.05, 4.69) is 9.97 Å². The summed E-state index contributed by atoms with van der Waals surface area (Å²) in [5.74, 6) is 0. The number of aromatic nitrogens is 2. The second kappa shape index (κ2) is 3.10. The van der Waals surface area contributed by atoms with Crippen molar-refractivity contribution in [2.24, 2.45) is 0 Å². The molecule has 2 rings (SSSR count). The van der Waals surface area contributed by atoms with Gasteiger partial charge in [-0.15, -0.1) is 0 Å². The summed E-state index contributed by atoms with van der Waals surface area (Å²) in [4.78, 5) is 28.4. The Morgan fingerprint density at radius 1 is 1.27 bits per heavy atom. The van der Waals surface area contributed by atoms with Crippen molar-refractivity contribution >= 4 is 45.5 Å². The van der Waals surface area contributed by atoms with Crippen LogP contribution >= 0.6 is 0 Å². The van der Waals surface area contributed by atoms with E-state index in [1.165, 1.54) is 12.3 Å². The van der Waals surface area contributed by atoms with Crippen molar-refractivity contribution in [1.29, 1.82) is 0 Å². The first-order valence-electron chi connectivity index (χ1n) is 2.71. The van der Waals surface area contributed by atoms with E-state index in [1.807, 2.05) is 0 Å². The fourth-order valence-corrected chi connectivity index (χ4v) is 0.854. The number of fused-ring (bicyclic) bond motifs is 1. The largest absolute Gasteiger partial charge is 0.320 e. The van der Waals surface area contributed by atoms with Gasteiger partial charge in [0, 0.05) is 51.7 Å². The molecule has 2 aliphatic heterocycles. The van der Waals surface area contributed by atoms with Crippen molar-refractivity contribution in [2.45, 2.75) is 0 Å². The first-order chi connectivity index (χ1) is 4.79. The molecule has 0 spiro atoms. The minimum atomic E-state index is -0.710. The summed E-state index contributed by atoms with van der Waals surface area (Å²) in [5.41, 5.74) is -0.724. The van der Waals surface area contributed by atoms with Crippen molar-refractivity contribution in [2.75, 3.05) is 0 Å². The molecule has 0 N–H and O–H groups in total. The molecule has 0 aromatic carbocycles. The Bertz CT molecular complexity index is 419. The number of nitrogens with zero attached hydrogens (tertiary/aromatic N) is 2. The minimum absolute atomic E-state index is 0. The van der Waals surface area contributed by atoms with E-state index in [0.717, 1.165) is 0 Å². The molecule has 0 fully saturated rings. The van der Waals surface area contributed by atoms with Gasteiger partial charge in [-0.2, -0.15) is 0 Å². The van der Waals surface area contributed by atoms with Crippen molar-refractivity contribution in [3.63, 3.8) is 0 Å². The summed E-state index contributed by atoms with van der Waals surface area (Å²) in [6.45, 7) is 0. The molecule has 0 unspecified atom stereocenters. The molecule has 2 aliphatic rings. The summed E-state index contributed by atoms with van der Waals surface area (Å²) in [6.07, 6.45) is 1.46. The second-order valence-electron chi connectivity index (χ2n) is 1.92. The summed E-state index contributed by atoms with van der Waals surface area (Å²) in [5, 5.41) is 0. The van der Waals surface area contributed by atoms with Gasteiger partial charge in [-0.3, -0.25) is 14.6 Å². The van der Waals surface area contributed by atoms with Crippen LogP contribution in [-0.2, 0) is 0 Å². The van der Waals surface area contributed by atoms with E-state index >= 15 is 0 Å². The fourth-order valence-electron chi connectivity index (χ4n) is 0.854. The zero-order valence-corrected chi connectivity index (χ0v) is 9.05. The molecule has 4 nitrogen and oxygen atoms in total. The molecule has 0 aromatic rings. The third-order valence-electron chi connectivity index (χ3n) is 1.31. The van der Waals surface area contributed by atoms with Crippen LogP contribution in [0.25, 0.3) is 11.4 Å². The molecule has 0 saturated carbocycles. The summed E-state index contributed by atoms with van der Waals surface area (Å²) < 4.78 is 0. The van der Waals surface area contributed by atoms with E-state index < -0.39 is 11.0 Å². The predicted molar refractivity (Wildman–Crippen MR) is 39.3 cm³/mol. The Hall–Kier alpha value is -0.0995. The Balaban J connectivity index is 0.000000605. The number of rotatable bonds is 0. The van der Waals surface area contributed by atoms with Gasteiger partial charge in [0.05, 0.1) is 5.69 Å². The van der Waals surface area contributed by atoms with E-state index in [9.17, 15) is 9.59 Å². The molecule has 5 heteroatoms. The van der Waals surface area contributed by atoms with Crippen molar-refractivity contribution in [3.8, 4) is 11.4 Å². The van der Waals surface area contributed by atoms with Gasteiger partial charge < -0.3 is 0 Å². The molecular weight excluding hydrogens is 220 g/mol. The molecule has 0 aromatic heterocycles. The molecule has 0 amide bonds. The molecular formula is C6H2N2O2Sr. The predicted octanol–water partition coefficient (Wildman–Crippen LogP) is -1.20. The van der Waals surface area contributed by atoms with Crippen LogP contribution < -0.4 is 11.0 Å². The van der Waals surface area contributed by atoms with Gasteiger partial charge in [0.2, 0.25) is 0 Å². The van der Waals surface area contributed by atoms with E-state index in [4.69, 9.17) is 0 Å². The van der Waals surface area contributed by atoms with Crippen LogP contribution in [0.1, 0.15) is 0 Å². The quantitative estimate of drug-likeness (QED) is 0.414.